The summed E-state index contributed by atoms with van der Waals surface area (Å²) >= 11 is 0. The van der Waals surface area contributed by atoms with Crippen LogP contribution in [-0.2, 0) is 4.79 Å². The number of hydrogen-bond donors (Lipinski definition) is 1. The molecular weight excluding hydrogens is 250 g/mol. The lowest BCUT2D eigenvalue weighted by Gasteiger charge is -2.39. The number of piperidine rings is 1. The maximum absolute atomic E-state index is 12.1. The fourth-order valence-corrected chi connectivity index (χ4v) is 2.78. The van der Waals surface area contributed by atoms with Gasteiger partial charge in [-0.3, -0.25) is 4.79 Å². The van der Waals surface area contributed by atoms with Gasteiger partial charge in [-0.05, 0) is 37.9 Å². The van der Waals surface area contributed by atoms with E-state index in [0.717, 1.165) is 32.4 Å². The minimum absolute atomic E-state index is 0.218. The molecule has 110 valence electrons. The average Bonchev–Trinajstić information content (AvgIpc) is 2.53. The Bertz CT molecular complexity index is 421. The van der Waals surface area contributed by atoms with Crippen LogP contribution in [0.2, 0.25) is 0 Å². The molecule has 1 aromatic carbocycles. The van der Waals surface area contributed by atoms with Crippen LogP contribution < -0.4 is 10.6 Å². The van der Waals surface area contributed by atoms with Crippen LogP contribution in [0.3, 0.4) is 0 Å². The van der Waals surface area contributed by atoms with E-state index in [-0.39, 0.29) is 5.91 Å². The molecular formula is C16H25N3O. The fraction of sp³-hybridized carbons (Fsp3) is 0.562. The first-order valence-electron chi connectivity index (χ1n) is 7.48. The molecule has 0 saturated carbocycles. The minimum Gasteiger partial charge on any atom is -0.369 e. The van der Waals surface area contributed by atoms with Crippen LogP contribution in [0.1, 0.15) is 25.7 Å². The first-order valence-corrected chi connectivity index (χ1v) is 7.48. The summed E-state index contributed by atoms with van der Waals surface area (Å²) < 4.78 is 0. The Morgan fingerprint density at radius 2 is 2.15 bits per heavy atom. The summed E-state index contributed by atoms with van der Waals surface area (Å²) in [5, 5.41) is 0. The van der Waals surface area contributed by atoms with Gasteiger partial charge < -0.3 is 15.5 Å². The summed E-state index contributed by atoms with van der Waals surface area (Å²) in [4.78, 5) is 16.4. The molecule has 1 unspecified atom stereocenters. The standard InChI is InChI=1S/C16H25N3O/c1-18(16(20)10-5-11-17)15-9-6-12-19(13-15)14-7-3-2-4-8-14/h2-4,7-8,15H,5-6,9-13,17H2,1H3. The lowest BCUT2D eigenvalue weighted by Crippen LogP contribution is -2.48. The smallest absolute Gasteiger partial charge is 0.222 e. The van der Waals surface area contributed by atoms with Crippen molar-refractivity contribution >= 4 is 11.6 Å². The topological polar surface area (TPSA) is 49.6 Å². The normalized spacial score (nSPS) is 18.9. The lowest BCUT2D eigenvalue weighted by molar-refractivity contribution is -0.132. The van der Waals surface area contributed by atoms with Crippen LogP contribution in [0.15, 0.2) is 30.3 Å². The van der Waals surface area contributed by atoms with Gasteiger partial charge in [-0.2, -0.15) is 0 Å². The van der Waals surface area contributed by atoms with Gasteiger partial charge >= 0.3 is 0 Å². The lowest BCUT2D eigenvalue weighted by atomic mass is 10.0. The molecule has 2 N–H and O–H groups in total. The first kappa shape index (κ1) is 14.9. The molecule has 20 heavy (non-hydrogen) atoms. The summed E-state index contributed by atoms with van der Waals surface area (Å²) in [6, 6.07) is 10.8. The quantitative estimate of drug-likeness (QED) is 0.892. The highest BCUT2D eigenvalue weighted by Crippen LogP contribution is 2.22. The van der Waals surface area contributed by atoms with Gasteiger partial charge in [0.25, 0.3) is 0 Å². The Kier molecular flexibility index (Phi) is 5.41. The van der Waals surface area contributed by atoms with E-state index in [0.29, 0.717) is 19.0 Å². The van der Waals surface area contributed by atoms with Gasteiger partial charge in [-0.1, -0.05) is 18.2 Å². The highest BCUT2D eigenvalue weighted by atomic mass is 16.2. The molecule has 0 aliphatic carbocycles. The number of likely N-dealkylation sites (N-methyl/N-ethyl adjacent to an activating group) is 1. The second kappa shape index (κ2) is 7.29. The molecule has 1 atom stereocenters. The second-order valence-corrected chi connectivity index (χ2v) is 5.47. The Morgan fingerprint density at radius 3 is 2.85 bits per heavy atom. The molecule has 1 aromatic rings. The van der Waals surface area contributed by atoms with Crippen LogP contribution in [0.5, 0.6) is 0 Å². The van der Waals surface area contributed by atoms with Gasteiger partial charge in [-0.15, -0.1) is 0 Å². The number of rotatable bonds is 5. The van der Waals surface area contributed by atoms with Crippen LogP contribution in [-0.4, -0.2) is 43.5 Å². The van der Waals surface area contributed by atoms with E-state index < -0.39 is 0 Å². The van der Waals surface area contributed by atoms with Crippen molar-refractivity contribution in [3.05, 3.63) is 30.3 Å². The zero-order valence-electron chi connectivity index (χ0n) is 12.3. The first-order chi connectivity index (χ1) is 9.72. The van der Waals surface area contributed by atoms with E-state index in [4.69, 9.17) is 5.73 Å². The predicted octanol–water partition coefficient (Wildman–Crippen LogP) is 1.85. The van der Waals surface area contributed by atoms with Crippen molar-refractivity contribution in [1.29, 1.82) is 0 Å². The fourth-order valence-electron chi connectivity index (χ4n) is 2.78. The molecule has 4 nitrogen and oxygen atoms in total. The zero-order valence-corrected chi connectivity index (χ0v) is 12.3. The number of carbonyl (C=O) groups excluding carboxylic acids is 1. The van der Waals surface area contributed by atoms with Gasteiger partial charge in [0.2, 0.25) is 5.91 Å². The summed E-state index contributed by atoms with van der Waals surface area (Å²) in [5.74, 6) is 0.218. The summed E-state index contributed by atoms with van der Waals surface area (Å²) in [7, 11) is 1.93. The van der Waals surface area contributed by atoms with Gasteiger partial charge in [0.15, 0.2) is 0 Å². The van der Waals surface area contributed by atoms with Crippen molar-refractivity contribution in [3.8, 4) is 0 Å². The summed E-state index contributed by atoms with van der Waals surface area (Å²) in [6.45, 7) is 2.58. The van der Waals surface area contributed by atoms with Gasteiger partial charge in [-0.25, -0.2) is 0 Å². The molecule has 1 heterocycles. The second-order valence-electron chi connectivity index (χ2n) is 5.47. The molecule has 2 rings (SSSR count). The molecule has 0 aromatic heterocycles. The number of nitrogens with two attached hydrogens (primary N) is 1. The van der Waals surface area contributed by atoms with Gasteiger partial charge in [0.05, 0.1) is 0 Å². The van der Waals surface area contributed by atoms with E-state index in [1.807, 2.05) is 18.0 Å². The zero-order chi connectivity index (χ0) is 14.4. The Hall–Kier alpha value is -1.55. The van der Waals surface area contributed by atoms with Crippen molar-refractivity contribution in [2.75, 3.05) is 31.6 Å². The molecule has 1 aliphatic heterocycles. The molecule has 1 saturated heterocycles. The molecule has 0 radical (unpaired) electrons. The van der Waals surface area contributed by atoms with Crippen molar-refractivity contribution in [2.45, 2.75) is 31.7 Å². The largest absolute Gasteiger partial charge is 0.369 e. The van der Waals surface area contributed by atoms with Gasteiger partial charge in [0.1, 0.15) is 0 Å². The Morgan fingerprint density at radius 1 is 1.40 bits per heavy atom. The third-order valence-corrected chi connectivity index (χ3v) is 4.05. The molecule has 0 spiro atoms. The summed E-state index contributed by atoms with van der Waals surface area (Å²) in [6.07, 6.45) is 3.56. The predicted molar refractivity (Wildman–Crippen MR) is 82.7 cm³/mol. The number of amides is 1. The molecule has 1 amide bonds. The number of hydrogen-bond acceptors (Lipinski definition) is 3. The highest BCUT2D eigenvalue weighted by molar-refractivity contribution is 5.76. The SMILES string of the molecule is CN(C(=O)CCCN)C1CCCN(c2ccccc2)C1. The average molecular weight is 275 g/mol. The van der Waals surface area contributed by atoms with E-state index >= 15 is 0 Å². The van der Waals surface area contributed by atoms with E-state index in [1.54, 1.807) is 0 Å². The third-order valence-electron chi connectivity index (χ3n) is 4.05. The van der Waals surface area contributed by atoms with Crippen LogP contribution in [0.4, 0.5) is 5.69 Å². The molecule has 1 aliphatic rings. The number of benzene rings is 1. The van der Waals surface area contributed by atoms with Crippen molar-refractivity contribution in [1.82, 2.24) is 4.90 Å². The van der Waals surface area contributed by atoms with Crippen LogP contribution in [0, 0.1) is 0 Å². The van der Waals surface area contributed by atoms with E-state index in [1.165, 1.54) is 5.69 Å². The monoisotopic (exact) mass is 275 g/mol. The number of nitrogens with zero attached hydrogens (tertiary/aromatic N) is 2. The maximum atomic E-state index is 12.1. The molecule has 1 fully saturated rings. The number of anilines is 1. The Labute approximate surface area is 121 Å². The third kappa shape index (κ3) is 3.73. The van der Waals surface area contributed by atoms with Gasteiger partial charge in [0, 0.05) is 38.3 Å². The maximum Gasteiger partial charge on any atom is 0.222 e. The van der Waals surface area contributed by atoms with Crippen LogP contribution in [0.25, 0.3) is 0 Å². The van der Waals surface area contributed by atoms with Crippen molar-refractivity contribution in [2.24, 2.45) is 5.73 Å². The van der Waals surface area contributed by atoms with E-state index in [2.05, 4.69) is 29.2 Å². The van der Waals surface area contributed by atoms with Crippen molar-refractivity contribution < 1.29 is 4.79 Å². The summed E-state index contributed by atoms with van der Waals surface area (Å²) in [5.41, 5.74) is 6.72. The Balaban J connectivity index is 1.94. The number of carbonyl (C=O) groups is 1. The van der Waals surface area contributed by atoms with Crippen LogP contribution >= 0.6 is 0 Å². The highest BCUT2D eigenvalue weighted by Gasteiger charge is 2.25. The van der Waals surface area contributed by atoms with Crippen molar-refractivity contribution in [3.63, 3.8) is 0 Å². The molecule has 4 heteroatoms. The van der Waals surface area contributed by atoms with E-state index in [9.17, 15) is 4.79 Å². The minimum atomic E-state index is 0.218. The number of para-hydroxylation sites is 1. The molecule has 0 bridgehead atoms.